The fourth-order valence-corrected chi connectivity index (χ4v) is 2.29. The van der Waals surface area contributed by atoms with Crippen LogP contribution in [0.25, 0.3) is 0 Å². The first-order valence-electron chi connectivity index (χ1n) is 5.23. The average Bonchev–Trinajstić information content (AvgIpc) is 2.24. The van der Waals surface area contributed by atoms with Crippen LogP contribution in [0.1, 0.15) is 41.5 Å². The minimum absolute atomic E-state index is 0.244. The van der Waals surface area contributed by atoms with E-state index in [0.717, 1.165) is 6.61 Å². The molecule has 76 valence electrons. The molecule has 0 bridgehead atoms. The van der Waals surface area contributed by atoms with Gasteiger partial charge in [0.15, 0.2) is 0 Å². The van der Waals surface area contributed by atoms with Crippen LogP contribution in [0, 0.1) is 17.3 Å². The van der Waals surface area contributed by atoms with Crippen LogP contribution in [-0.2, 0) is 4.74 Å². The molecule has 0 saturated heterocycles. The highest BCUT2D eigenvalue weighted by Gasteiger charge is 2.36. The first-order valence-corrected chi connectivity index (χ1v) is 5.23. The molecule has 0 radical (unpaired) electrons. The van der Waals surface area contributed by atoms with Crippen molar-refractivity contribution in [3.05, 3.63) is 11.3 Å². The van der Waals surface area contributed by atoms with E-state index in [4.69, 9.17) is 4.74 Å². The van der Waals surface area contributed by atoms with Gasteiger partial charge in [-0.3, -0.25) is 0 Å². The van der Waals surface area contributed by atoms with Gasteiger partial charge in [-0.15, -0.1) is 0 Å². The summed E-state index contributed by atoms with van der Waals surface area (Å²) in [6, 6.07) is 0. The van der Waals surface area contributed by atoms with Gasteiger partial charge in [0, 0.05) is 11.3 Å². The fourth-order valence-electron chi connectivity index (χ4n) is 2.29. The van der Waals surface area contributed by atoms with Crippen molar-refractivity contribution in [2.75, 3.05) is 6.61 Å². The van der Waals surface area contributed by atoms with Crippen molar-refractivity contribution >= 4 is 0 Å². The molecule has 0 fully saturated rings. The van der Waals surface area contributed by atoms with Gasteiger partial charge in [-0.05, 0) is 11.5 Å². The molecule has 0 aromatic heterocycles. The van der Waals surface area contributed by atoms with E-state index in [2.05, 4.69) is 41.5 Å². The van der Waals surface area contributed by atoms with Crippen molar-refractivity contribution in [1.29, 1.82) is 0 Å². The van der Waals surface area contributed by atoms with Gasteiger partial charge in [0.1, 0.15) is 0 Å². The van der Waals surface area contributed by atoms with Crippen molar-refractivity contribution in [3.8, 4) is 0 Å². The molecule has 1 aliphatic heterocycles. The summed E-state index contributed by atoms with van der Waals surface area (Å²) in [6.07, 6.45) is 0. The molecule has 0 atom stereocenters. The number of ether oxygens (including phenoxy) is 1. The van der Waals surface area contributed by atoms with Gasteiger partial charge in [-0.1, -0.05) is 41.5 Å². The highest BCUT2D eigenvalue weighted by atomic mass is 16.5. The van der Waals surface area contributed by atoms with Gasteiger partial charge in [-0.2, -0.15) is 0 Å². The molecule has 0 unspecified atom stereocenters. The zero-order valence-electron chi connectivity index (χ0n) is 9.77. The molecule has 1 nitrogen and oxygen atoms in total. The predicted octanol–water partition coefficient (Wildman–Crippen LogP) is 3.61. The molecule has 0 aromatic carbocycles. The lowest BCUT2D eigenvalue weighted by molar-refractivity contribution is 0.166. The molecule has 13 heavy (non-hydrogen) atoms. The SMILES string of the molecule is CC(C)C1=C(C(C)C)C(C)(C)CO1. The largest absolute Gasteiger partial charge is 0.497 e. The monoisotopic (exact) mass is 182 g/mol. The smallest absolute Gasteiger partial charge is 0.0986 e. The molecule has 0 saturated carbocycles. The topological polar surface area (TPSA) is 9.23 Å². The summed E-state index contributed by atoms with van der Waals surface area (Å²) in [7, 11) is 0. The van der Waals surface area contributed by atoms with Crippen LogP contribution < -0.4 is 0 Å². The molecule has 0 aliphatic carbocycles. The summed E-state index contributed by atoms with van der Waals surface area (Å²) in [5.74, 6) is 2.37. The maximum atomic E-state index is 5.78. The van der Waals surface area contributed by atoms with Gasteiger partial charge >= 0.3 is 0 Å². The summed E-state index contributed by atoms with van der Waals surface area (Å²) >= 11 is 0. The Labute approximate surface area is 82.2 Å². The molecule has 1 heterocycles. The van der Waals surface area contributed by atoms with Crippen molar-refractivity contribution in [3.63, 3.8) is 0 Å². The van der Waals surface area contributed by atoms with Gasteiger partial charge in [-0.25, -0.2) is 0 Å². The maximum Gasteiger partial charge on any atom is 0.0986 e. The number of hydrogen-bond donors (Lipinski definition) is 0. The van der Waals surface area contributed by atoms with Crippen LogP contribution in [0.5, 0.6) is 0 Å². The Bertz CT molecular complexity index is 221. The number of hydrogen-bond acceptors (Lipinski definition) is 1. The van der Waals surface area contributed by atoms with E-state index < -0.39 is 0 Å². The Morgan fingerprint density at radius 2 is 1.62 bits per heavy atom. The van der Waals surface area contributed by atoms with E-state index in [-0.39, 0.29) is 5.41 Å². The minimum atomic E-state index is 0.244. The molecule has 1 aliphatic rings. The van der Waals surface area contributed by atoms with E-state index in [1.54, 1.807) is 0 Å². The van der Waals surface area contributed by atoms with Crippen molar-refractivity contribution in [2.24, 2.45) is 17.3 Å². The number of allylic oxidation sites excluding steroid dienone is 1. The average molecular weight is 182 g/mol. The second-order valence-electron chi connectivity index (χ2n) is 5.26. The minimum Gasteiger partial charge on any atom is -0.497 e. The number of rotatable bonds is 2. The van der Waals surface area contributed by atoms with Crippen molar-refractivity contribution < 1.29 is 4.74 Å². The second kappa shape index (κ2) is 3.36. The lowest BCUT2D eigenvalue weighted by atomic mass is 9.79. The molecule has 0 amide bonds. The molecule has 0 N–H and O–H groups in total. The third kappa shape index (κ3) is 1.90. The Kier molecular flexibility index (Phi) is 2.74. The van der Waals surface area contributed by atoms with Crippen LogP contribution in [0.3, 0.4) is 0 Å². The fraction of sp³-hybridized carbons (Fsp3) is 0.833. The lowest BCUT2D eigenvalue weighted by Crippen LogP contribution is -2.18. The van der Waals surface area contributed by atoms with Gasteiger partial charge < -0.3 is 4.74 Å². The Morgan fingerprint density at radius 3 is 1.92 bits per heavy atom. The first kappa shape index (κ1) is 10.6. The van der Waals surface area contributed by atoms with Gasteiger partial charge in [0.05, 0.1) is 12.4 Å². The van der Waals surface area contributed by atoms with Crippen LogP contribution >= 0.6 is 0 Å². The summed E-state index contributed by atoms with van der Waals surface area (Å²) in [5, 5.41) is 0. The second-order valence-corrected chi connectivity index (χ2v) is 5.26. The van der Waals surface area contributed by atoms with Crippen molar-refractivity contribution in [2.45, 2.75) is 41.5 Å². The molecular formula is C12H22O. The Balaban J connectivity index is 3.06. The molecule has 1 heteroatoms. The summed E-state index contributed by atoms with van der Waals surface area (Å²) in [4.78, 5) is 0. The zero-order chi connectivity index (χ0) is 10.2. The first-order chi connectivity index (χ1) is 5.86. The Morgan fingerprint density at radius 1 is 1.08 bits per heavy atom. The molecule has 1 rings (SSSR count). The zero-order valence-corrected chi connectivity index (χ0v) is 9.77. The van der Waals surface area contributed by atoms with E-state index >= 15 is 0 Å². The van der Waals surface area contributed by atoms with Crippen LogP contribution in [-0.4, -0.2) is 6.61 Å². The van der Waals surface area contributed by atoms with Crippen molar-refractivity contribution in [1.82, 2.24) is 0 Å². The third-order valence-electron chi connectivity index (χ3n) is 2.68. The van der Waals surface area contributed by atoms with Crippen LogP contribution in [0.2, 0.25) is 0 Å². The maximum absolute atomic E-state index is 5.78. The lowest BCUT2D eigenvalue weighted by Gasteiger charge is -2.23. The molecular weight excluding hydrogens is 160 g/mol. The standard InChI is InChI=1S/C12H22O/c1-8(2)10-11(9(3)4)13-7-12(10,5)6/h8-9H,7H2,1-6H3. The van der Waals surface area contributed by atoms with Crippen LogP contribution in [0.15, 0.2) is 11.3 Å². The summed E-state index contributed by atoms with van der Waals surface area (Å²) in [5.41, 5.74) is 1.76. The van der Waals surface area contributed by atoms with Gasteiger partial charge in [0.2, 0.25) is 0 Å². The Hall–Kier alpha value is -0.460. The molecule has 0 aromatic rings. The van der Waals surface area contributed by atoms with E-state index in [0.29, 0.717) is 11.8 Å². The van der Waals surface area contributed by atoms with Crippen LogP contribution in [0.4, 0.5) is 0 Å². The van der Waals surface area contributed by atoms with E-state index in [1.807, 2.05) is 0 Å². The summed E-state index contributed by atoms with van der Waals surface area (Å²) in [6.45, 7) is 14.3. The summed E-state index contributed by atoms with van der Waals surface area (Å²) < 4.78 is 5.78. The highest BCUT2D eigenvalue weighted by Crippen LogP contribution is 2.42. The van der Waals surface area contributed by atoms with E-state index in [1.165, 1.54) is 11.3 Å². The highest BCUT2D eigenvalue weighted by molar-refractivity contribution is 5.24. The van der Waals surface area contributed by atoms with Gasteiger partial charge in [0.25, 0.3) is 0 Å². The quantitative estimate of drug-likeness (QED) is 0.634. The molecule has 0 spiro atoms. The van der Waals surface area contributed by atoms with E-state index in [9.17, 15) is 0 Å². The predicted molar refractivity (Wildman–Crippen MR) is 56.4 cm³/mol. The normalized spacial score (nSPS) is 21.5. The third-order valence-corrected chi connectivity index (χ3v) is 2.68.